The molecule has 0 aliphatic carbocycles. The zero-order chi connectivity index (χ0) is 17.4. The maximum Gasteiger partial charge on any atom is 0.328 e. The third-order valence-corrected chi connectivity index (χ3v) is 4.88. The highest BCUT2D eigenvalue weighted by Crippen LogP contribution is 2.22. The Morgan fingerprint density at radius 1 is 1.35 bits per heavy atom. The van der Waals surface area contributed by atoms with Gasteiger partial charge in [0, 0.05) is 12.1 Å². The summed E-state index contributed by atoms with van der Waals surface area (Å²) in [4.78, 5) is 24.9. The van der Waals surface area contributed by atoms with Crippen LogP contribution in [-0.2, 0) is 19.6 Å². The van der Waals surface area contributed by atoms with Crippen LogP contribution in [0.3, 0.4) is 0 Å². The Balaban J connectivity index is 2.47. The van der Waals surface area contributed by atoms with Gasteiger partial charge in [-0.05, 0) is 37.1 Å². The molecule has 1 saturated heterocycles. The van der Waals surface area contributed by atoms with Crippen LogP contribution < -0.4 is 5.14 Å². The number of sulfonamides is 1. The first-order valence-corrected chi connectivity index (χ1v) is 8.43. The molecule has 0 aromatic heterocycles. The van der Waals surface area contributed by atoms with Crippen LogP contribution in [0.5, 0.6) is 0 Å². The Kier molecular flexibility index (Phi) is 4.73. The summed E-state index contributed by atoms with van der Waals surface area (Å²) >= 11 is 0. The number of carbonyl (C=O) groups excluding carboxylic acids is 1. The Morgan fingerprint density at radius 2 is 2.00 bits per heavy atom. The van der Waals surface area contributed by atoms with Crippen molar-refractivity contribution in [2.75, 3.05) is 19.8 Å². The molecule has 8 nitrogen and oxygen atoms in total. The van der Waals surface area contributed by atoms with Crippen molar-refractivity contribution in [3.8, 4) is 0 Å². The second-order valence-electron chi connectivity index (χ2n) is 5.39. The number of benzene rings is 1. The van der Waals surface area contributed by atoms with Crippen LogP contribution in [0.4, 0.5) is 0 Å². The number of nitrogens with zero attached hydrogens (tertiary/aromatic N) is 1. The maximum atomic E-state index is 12.6. The second-order valence-corrected chi connectivity index (χ2v) is 6.92. The summed E-state index contributed by atoms with van der Waals surface area (Å²) < 4.78 is 28.4. The minimum absolute atomic E-state index is 0.0882. The van der Waals surface area contributed by atoms with Crippen LogP contribution >= 0.6 is 0 Å². The van der Waals surface area contributed by atoms with Crippen molar-refractivity contribution in [3.63, 3.8) is 0 Å². The standard InChI is InChI=1S/C14H18N2O6S/c1-8-5-10(6-12(9(8)2)23(15,20)21)13(17)16-3-4-22-7-11(16)14(18)19/h5-6,11H,3-4,7H2,1-2H3,(H,18,19)(H2,15,20,21). The summed E-state index contributed by atoms with van der Waals surface area (Å²) in [5.74, 6) is -1.73. The van der Waals surface area contributed by atoms with E-state index in [1.165, 1.54) is 17.0 Å². The van der Waals surface area contributed by atoms with E-state index in [4.69, 9.17) is 9.88 Å². The van der Waals surface area contributed by atoms with E-state index in [0.29, 0.717) is 11.1 Å². The van der Waals surface area contributed by atoms with Gasteiger partial charge in [-0.15, -0.1) is 0 Å². The molecule has 1 aliphatic rings. The molecule has 0 bridgehead atoms. The molecule has 126 valence electrons. The fourth-order valence-corrected chi connectivity index (χ4v) is 3.34. The molecule has 0 spiro atoms. The molecule has 2 rings (SSSR count). The van der Waals surface area contributed by atoms with Gasteiger partial charge in [0.1, 0.15) is 0 Å². The minimum atomic E-state index is -3.98. The summed E-state index contributed by atoms with van der Waals surface area (Å²) in [6.07, 6.45) is 0. The number of morpholine rings is 1. The van der Waals surface area contributed by atoms with Gasteiger partial charge >= 0.3 is 5.97 Å². The molecule has 0 radical (unpaired) electrons. The SMILES string of the molecule is Cc1cc(C(=O)N2CCOCC2C(=O)O)cc(S(N)(=O)=O)c1C. The highest BCUT2D eigenvalue weighted by Gasteiger charge is 2.33. The first kappa shape index (κ1) is 17.4. The summed E-state index contributed by atoms with van der Waals surface area (Å²) in [6.45, 7) is 3.50. The van der Waals surface area contributed by atoms with E-state index < -0.39 is 27.9 Å². The van der Waals surface area contributed by atoms with E-state index in [-0.39, 0.29) is 30.2 Å². The number of ether oxygens (including phenoxy) is 1. The van der Waals surface area contributed by atoms with Gasteiger partial charge in [-0.1, -0.05) is 0 Å². The van der Waals surface area contributed by atoms with Gasteiger partial charge in [0.15, 0.2) is 6.04 Å². The molecule has 1 aromatic rings. The molecule has 23 heavy (non-hydrogen) atoms. The third kappa shape index (κ3) is 3.52. The second kappa shape index (κ2) is 6.26. The highest BCUT2D eigenvalue weighted by molar-refractivity contribution is 7.89. The van der Waals surface area contributed by atoms with Crippen LogP contribution in [0.1, 0.15) is 21.5 Å². The van der Waals surface area contributed by atoms with Crippen molar-refractivity contribution >= 4 is 21.9 Å². The van der Waals surface area contributed by atoms with E-state index >= 15 is 0 Å². The van der Waals surface area contributed by atoms with E-state index in [9.17, 15) is 23.1 Å². The van der Waals surface area contributed by atoms with Gasteiger partial charge in [-0.2, -0.15) is 0 Å². The molecule has 0 saturated carbocycles. The van der Waals surface area contributed by atoms with E-state index in [2.05, 4.69) is 0 Å². The van der Waals surface area contributed by atoms with Crippen molar-refractivity contribution in [2.45, 2.75) is 24.8 Å². The van der Waals surface area contributed by atoms with Crippen molar-refractivity contribution in [3.05, 3.63) is 28.8 Å². The fourth-order valence-electron chi connectivity index (χ4n) is 2.46. The number of primary sulfonamides is 1. The summed E-state index contributed by atoms with van der Waals surface area (Å²) in [5, 5.41) is 14.4. The molecule has 1 heterocycles. The molecular weight excluding hydrogens is 324 g/mol. The van der Waals surface area contributed by atoms with E-state index in [1.807, 2.05) is 0 Å². The number of carboxylic acid groups (broad SMARTS) is 1. The lowest BCUT2D eigenvalue weighted by Gasteiger charge is -2.33. The number of rotatable bonds is 3. The van der Waals surface area contributed by atoms with E-state index in [1.54, 1.807) is 13.8 Å². The molecular formula is C14H18N2O6S. The monoisotopic (exact) mass is 342 g/mol. The largest absolute Gasteiger partial charge is 0.480 e. The van der Waals surface area contributed by atoms with Gasteiger partial charge in [0.2, 0.25) is 10.0 Å². The quantitative estimate of drug-likeness (QED) is 0.788. The van der Waals surface area contributed by atoms with E-state index in [0.717, 1.165) is 0 Å². The molecule has 1 fully saturated rings. The number of aliphatic carboxylic acids is 1. The number of amides is 1. The first-order chi connectivity index (χ1) is 10.6. The smallest absolute Gasteiger partial charge is 0.328 e. The van der Waals surface area contributed by atoms with Gasteiger partial charge < -0.3 is 14.7 Å². The summed E-state index contributed by atoms with van der Waals surface area (Å²) in [5.41, 5.74) is 1.13. The predicted octanol–water partition coefficient (Wildman–Crippen LogP) is -0.124. The Labute approximate surface area is 133 Å². The molecule has 1 aromatic carbocycles. The van der Waals surface area contributed by atoms with Gasteiger partial charge in [0.05, 0.1) is 18.1 Å². The molecule has 1 aliphatic heterocycles. The molecule has 1 unspecified atom stereocenters. The van der Waals surface area contributed by atoms with Crippen molar-refractivity contribution in [1.29, 1.82) is 0 Å². The average Bonchev–Trinajstić information content (AvgIpc) is 2.47. The summed E-state index contributed by atoms with van der Waals surface area (Å²) in [7, 11) is -3.98. The van der Waals surface area contributed by atoms with Crippen molar-refractivity contribution < 1.29 is 27.9 Å². The highest BCUT2D eigenvalue weighted by atomic mass is 32.2. The number of carboxylic acids is 1. The van der Waals surface area contributed by atoms with Crippen molar-refractivity contribution in [2.24, 2.45) is 5.14 Å². The zero-order valence-corrected chi connectivity index (χ0v) is 13.6. The average molecular weight is 342 g/mol. The molecule has 3 N–H and O–H groups in total. The van der Waals surface area contributed by atoms with Gasteiger partial charge in [-0.25, -0.2) is 18.4 Å². The number of hydrogen-bond acceptors (Lipinski definition) is 5. The summed E-state index contributed by atoms with van der Waals surface area (Å²) in [6, 6.07) is 1.62. The molecule has 9 heteroatoms. The lowest BCUT2D eigenvalue weighted by atomic mass is 10.0. The Hall–Kier alpha value is -1.97. The van der Waals surface area contributed by atoms with Crippen molar-refractivity contribution in [1.82, 2.24) is 4.90 Å². The topological polar surface area (TPSA) is 127 Å². The van der Waals surface area contributed by atoms with Crippen LogP contribution in [0.15, 0.2) is 17.0 Å². The molecule has 1 amide bonds. The van der Waals surface area contributed by atoms with Gasteiger partial charge in [0.25, 0.3) is 5.91 Å². The predicted molar refractivity (Wildman–Crippen MR) is 80.6 cm³/mol. The van der Waals surface area contributed by atoms with Crippen LogP contribution in [0, 0.1) is 13.8 Å². The Morgan fingerprint density at radius 3 is 2.57 bits per heavy atom. The number of nitrogens with two attached hydrogens (primary N) is 1. The number of carbonyl (C=O) groups is 2. The van der Waals surface area contributed by atoms with Crippen LogP contribution in [0.25, 0.3) is 0 Å². The third-order valence-electron chi connectivity index (χ3n) is 3.85. The fraction of sp³-hybridized carbons (Fsp3) is 0.429. The maximum absolute atomic E-state index is 12.6. The molecule has 1 atom stereocenters. The number of hydrogen-bond donors (Lipinski definition) is 2. The zero-order valence-electron chi connectivity index (χ0n) is 12.8. The normalized spacial score (nSPS) is 18.7. The minimum Gasteiger partial charge on any atom is -0.480 e. The van der Waals surface area contributed by atoms with Gasteiger partial charge in [-0.3, -0.25) is 4.79 Å². The first-order valence-electron chi connectivity index (χ1n) is 6.88. The lowest BCUT2D eigenvalue weighted by Crippen LogP contribution is -2.52. The Bertz CT molecular complexity index is 759. The number of aryl methyl sites for hydroxylation is 1. The lowest BCUT2D eigenvalue weighted by molar-refractivity contribution is -0.147. The van der Waals surface area contributed by atoms with Crippen LogP contribution in [0.2, 0.25) is 0 Å². The van der Waals surface area contributed by atoms with Crippen LogP contribution in [-0.4, -0.2) is 56.1 Å².